The summed E-state index contributed by atoms with van der Waals surface area (Å²) < 4.78 is 60.0. The van der Waals surface area contributed by atoms with Crippen LogP contribution in [0.2, 0.25) is 0 Å². The van der Waals surface area contributed by atoms with Crippen LogP contribution in [-0.4, -0.2) is 49.4 Å². The fraction of sp³-hybridized carbons (Fsp3) is 0.304. The van der Waals surface area contributed by atoms with Crippen molar-refractivity contribution in [1.82, 2.24) is 29.9 Å². The highest BCUT2D eigenvalue weighted by Gasteiger charge is 2.45. The molecule has 0 bridgehead atoms. The van der Waals surface area contributed by atoms with E-state index < -0.39 is 29.0 Å². The van der Waals surface area contributed by atoms with Crippen LogP contribution in [0.4, 0.5) is 17.6 Å². The summed E-state index contributed by atoms with van der Waals surface area (Å²) in [5, 5.41) is 8.04. The van der Waals surface area contributed by atoms with Crippen molar-refractivity contribution in [2.45, 2.75) is 31.5 Å². The quantitative estimate of drug-likeness (QED) is 0.429. The number of nitrogens with one attached hydrogen (secondary N) is 1. The lowest BCUT2D eigenvalue weighted by atomic mass is 9.96. The zero-order chi connectivity index (χ0) is 25.0. The molecule has 1 atom stereocenters. The van der Waals surface area contributed by atoms with Gasteiger partial charge in [-0.3, -0.25) is 4.79 Å². The Balaban J connectivity index is 1.59. The number of amides is 1. The first kappa shape index (κ1) is 22.8. The summed E-state index contributed by atoms with van der Waals surface area (Å²) in [5.74, 6) is -1.29. The molecule has 8 nitrogen and oxygen atoms in total. The smallest absolute Gasteiger partial charge is 0.416 e. The number of carbonyl (C=O) groups is 1. The van der Waals surface area contributed by atoms with E-state index in [-0.39, 0.29) is 22.5 Å². The summed E-state index contributed by atoms with van der Waals surface area (Å²) in [6, 6.07) is 6.10. The average molecular weight is 488 g/mol. The highest BCUT2D eigenvalue weighted by molar-refractivity contribution is 5.99. The number of methoxy groups -OCH3 is 1. The van der Waals surface area contributed by atoms with Crippen LogP contribution in [0.3, 0.4) is 0 Å². The number of halogens is 4. The van der Waals surface area contributed by atoms with E-state index in [1.165, 1.54) is 42.6 Å². The summed E-state index contributed by atoms with van der Waals surface area (Å²) in [6.45, 7) is 2.05. The predicted octanol–water partition coefficient (Wildman–Crippen LogP) is 4.46. The van der Waals surface area contributed by atoms with Crippen molar-refractivity contribution in [2.75, 3.05) is 13.7 Å². The molecule has 1 fully saturated rings. The van der Waals surface area contributed by atoms with Gasteiger partial charge < -0.3 is 14.6 Å². The van der Waals surface area contributed by atoms with Crippen molar-refractivity contribution in [2.24, 2.45) is 0 Å². The van der Waals surface area contributed by atoms with E-state index in [1.807, 2.05) is 0 Å². The Bertz CT molecular complexity index is 1420. The third-order valence-electron chi connectivity index (χ3n) is 6.36. The average Bonchev–Trinajstić information content (AvgIpc) is 3.57. The van der Waals surface area contributed by atoms with Gasteiger partial charge in [-0.25, -0.2) is 9.37 Å². The Kier molecular flexibility index (Phi) is 5.26. The Labute approximate surface area is 196 Å². The van der Waals surface area contributed by atoms with Crippen LogP contribution in [0.15, 0.2) is 42.7 Å². The molecule has 2 aromatic heterocycles. The summed E-state index contributed by atoms with van der Waals surface area (Å²) in [5.41, 5.74) is -1.43. The summed E-state index contributed by atoms with van der Waals surface area (Å²) in [4.78, 5) is 23.9. The molecule has 0 radical (unpaired) electrons. The van der Waals surface area contributed by atoms with Crippen LogP contribution in [0.5, 0.6) is 5.75 Å². The number of rotatable bonds is 4. The Morgan fingerprint density at radius 3 is 2.60 bits per heavy atom. The number of benzene rings is 2. The number of ether oxygens (including phenoxy) is 1. The second-order valence-electron chi connectivity index (χ2n) is 8.44. The molecule has 0 spiro atoms. The molecule has 12 heteroatoms. The number of hydrogen-bond acceptors (Lipinski definition) is 5. The zero-order valence-corrected chi connectivity index (χ0v) is 18.7. The minimum absolute atomic E-state index is 0.117. The van der Waals surface area contributed by atoms with E-state index in [2.05, 4.69) is 20.2 Å². The third kappa shape index (κ3) is 3.69. The minimum atomic E-state index is -4.50. The van der Waals surface area contributed by atoms with Crippen LogP contribution in [0.25, 0.3) is 16.7 Å². The van der Waals surface area contributed by atoms with Crippen LogP contribution < -0.4 is 4.74 Å². The molecule has 1 aliphatic rings. The maximum absolute atomic E-state index is 15.4. The number of alkyl halides is 3. The normalized spacial score (nSPS) is 18.4. The molecule has 3 heterocycles. The van der Waals surface area contributed by atoms with Crippen LogP contribution >= 0.6 is 0 Å². The lowest BCUT2D eigenvalue weighted by molar-refractivity contribution is -0.137. The molecule has 0 aliphatic carbocycles. The van der Waals surface area contributed by atoms with Crippen molar-refractivity contribution >= 4 is 16.9 Å². The maximum atomic E-state index is 15.4. The molecule has 1 unspecified atom stereocenters. The van der Waals surface area contributed by atoms with Gasteiger partial charge in [0.1, 0.15) is 17.1 Å². The van der Waals surface area contributed by atoms with Gasteiger partial charge in [0.25, 0.3) is 5.91 Å². The number of H-pyrrole nitrogens is 1. The van der Waals surface area contributed by atoms with E-state index in [4.69, 9.17) is 4.74 Å². The van der Waals surface area contributed by atoms with Gasteiger partial charge in [0, 0.05) is 6.54 Å². The summed E-state index contributed by atoms with van der Waals surface area (Å²) >= 11 is 0. The number of fused-ring (bicyclic) bond motifs is 1. The molecular formula is C23H20F4N6O2. The lowest BCUT2D eigenvalue weighted by Gasteiger charge is -2.34. The topological polar surface area (TPSA) is 88.9 Å². The molecule has 1 N–H and O–H groups in total. The van der Waals surface area contributed by atoms with Crippen molar-refractivity contribution in [3.63, 3.8) is 0 Å². The second-order valence-corrected chi connectivity index (χ2v) is 8.44. The first-order chi connectivity index (χ1) is 16.6. The molecule has 1 aliphatic heterocycles. The van der Waals surface area contributed by atoms with Gasteiger partial charge in [-0.2, -0.15) is 28.2 Å². The Morgan fingerprint density at radius 2 is 1.91 bits per heavy atom. The molecule has 2 aromatic carbocycles. The number of carbonyl (C=O) groups excluding carboxylic acids is 1. The van der Waals surface area contributed by atoms with Crippen molar-refractivity contribution < 1.29 is 27.1 Å². The number of nitrogens with zero attached hydrogens (tertiary/aromatic N) is 5. The predicted molar refractivity (Wildman–Crippen MR) is 117 cm³/mol. The molecule has 182 valence electrons. The Morgan fingerprint density at radius 1 is 1.17 bits per heavy atom. The van der Waals surface area contributed by atoms with Gasteiger partial charge in [-0.1, -0.05) is 0 Å². The molecule has 35 heavy (non-hydrogen) atoms. The number of aromatic nitrogens is 5. The molecular weight excluding hydrogens is 468 g/mol. The summed E-state index contributed by atoms with van der Waals surface area (Å²) in [7, 11) is 1.29. The van der Waals surface area contributed by atoms with E-state index in [9.17, 15) is 18.0 Å². The molecule has 5 rings (SSSR count). The fourth-order valence-electron chi connectivity index (χ4n) is 4.53. The van der Waals surface area contributed by atoms with Crippen LogP contribution in [0.1, 0.15) is 41.5 Å². The van der Waals surface area contributed by atoms with E-state index in [1.54, 1.807) is 6.92 Å². The van der Waals surface area contributed by atoms with E-state index >= 15 is 4.39 Å². The lowest BCUT2D eigenvalue weighted by Crippen LogP contribution is -2.44. The van der Waals surface area contributed by atoms with E-state index in [0.29, 0.717) is 30.7 Å². The monoisotopic (exact) mass is 488 g/mol. The number of imidazole rings is 1. The Hall–Kier alpha value is -3.96. The van der Waals surface area contributed by atoms with E-state index in [0.717, 1.165) is 16.9 Å². The van der Waals surface area contributed by atoms with Gasteiger partial charge in [0.05, 0.1) is 41.6 Å². The van der Waals surface area contributed by atoms with Gasteiger partial charge in [0.15, 0.2) is 11.6 Å². The third-order valence-corrected chi connectivity index (χ3v) is 6.36. The van der Waals surface area contributed by atoms with Crippen LogP contribution in [0, 0.1) is 5.82 Å². The standard InChI is InChI=1S/C23H20F4N6O2/c1-22(21-30-14-5-4-13(23(25,26)27)12-15(14)31-21)8-3-11-32(22)20(34)18-16(33-28-9-10-29-33)6-7-17(35-2)19(18)24/h4-7,9-10,12H,3,8,11H2,1-2H3,(H,30,31). The molecule has 0 saturated carbocycles. The van der Waals surface area contributed by atoms with Gasteiger partial charge >= 0.3 is 6.18 Å². The first-order valence-corrected chi connectivity index (χ1v) is 10.8. The molecule has 1 amide bonds. The number of hydrogen-bond donors (Lipinski definition) is 1. The largest absolute Gasteiger partial charge is 0.494 e. The first-order valence-electron chi connectivity index (χ1n) is 10.8. The van der Waals surface area contributed by atoms with Gasteiger partial charge in [-0.15, -0.1) is 0 Å². The van der Waals surface area contributed by atoms with Crippen molar-refractivity contribution in [3.8, 4) is 11.4 Å². The number of aromatic amines is 1. The maximum Gasteiger partial charge on any atom is 0.416 e. The minimum Gasteiger partial charge on any atom is -0.494 e. The molecule has 1 saturated heterocycles. The summed E-state index contributed by atoms with van der Waals surface area (Å²) in [6.07, 6.45) is -0.626. The SMILES string of the molecule is COc1ccc(-n2nccn2)c(C(=O)N2CCCC2(C)c2nc3ccc(C(F)(F)F)cc3[nH]2)c1F. The molecule has 4 aromatic rings. The highest BCUT2D eigenvalue weighted by atomic mass is 19.4. The highest BCUT2D eigenvalue weighted by Crippen LogP contribution is 2.41. The van der Waals surface area contributed by atoms with Gasteiger partial charge in [0.2, 0.25) is 0 Å². The van der Waals surface area contributed by atoms with Crippen LogP contribution in [-0.2, 0) is 11.7 Å². The van der Waals surface area contributed by atoms with Gasteiger partial charge in [-0.05, 0) is 50.1 Å². The fourth-order valence-corrected chi connectivity index (χ4v) is 4.53. The zero-order valence-electron chi connectivity index (χ0n) is 18.7. The van der Waals surface area contributed by atoms with Crippen molar-refractivity contribution in [3.05, 3.63) is 65.5 Å². The number of likely N-dealkylation sites (tertiary alicyclic amines) is 1. The van der Waals surface area contributed by atoms with Crippen molar-refractivity contribution in [1.29, 1.82) is 0 Å². The second kappa shape index (κ2) is 8.07.